The van der Waals surface area contributed by atoms with Crippen molar-refractivity contribution < 1.29 is 8.42 Å². The van der Waals surface area contributed by atoms with Gasteiger partial charge in [-0.15, -0.1) is 0 Å². The molecule has 0 atom stereocenters. The van der Waals surface area contributed by atoms with Crippen LogP contribution in [0, 0.1) is 6.92 Å². The largest absolute Gasteiger partial charge is 0.241 e. The van der Waals surface area contributed by atoms with E-state index in [0.29, 0.717) is 10.7 Å². The zero-order valence-corrected chi connectivity index (χ0v) is 9.83. The number of nitrogens with zero attached hydrogens (tertiary/aromatic N) is 1. The summed E-state index contributed by atoms with van der Waals surface area (Å²) in [6.07, 6.45) is 0.290. The Kier molecular flexibility index (Phi) is 3.75. The Morgan fingerprint density at radius 1 is 1.43 bits per heavy atom. The molecule has 0 unspecified atom stereocenters. The molecular formula is C8H9Cl2NO2S. The molecule has 1 heterocycles. The van der Waals surface area contributed by atoms with E-state index in [0.717, 1.165) is 5.69 Å². The summed E-state index contributed by atoms with van der Waals surface area (Å²) in [6.45, 7) is 1.81. The van der Waals surface area contributed by atoms with Crippen molar-refractivity contribution in [3.05, 3.63) is 28.5 Å². The fourth-order valence-corrected chi connectivity index (χ4v) is 1.96. The van der Waals surface area contributed by atoms with Crippen LogP contribution in [0.5, 0.6) is 0 Å². The van der Waals surface area contributed by atoms with Crippen LogP contribution in [-0.2, 0) is 15.5 Å². The number of aromatic nitrogens is 1. The van der Waals surface area contributed by atoms with Crippen LogP contribution in [0.15, 0.2) is 12.1 Å². The van der Waals surface area contributed by atoms with Gasteiger partial charge in [0.1, 0.15) is 5.15 Å². The van der Waals surface area contributed by atoms with E-state index in [1.54, 1.807) is 12.1 Å². The molecule has 0 aromatic carbocycles. The van der Waals surface area contributed by atoms with Gasteiger partial charge in [-0.1, -0.05) is 17.7 Å². The number of rotatable bonds is 3. The SMILES string of the molecule is Cc1ccc(CCS(=O)(=O)Cl)c(Cl)n1. The van der Waals surface area contributed by atoms with Gasteiger partial charge in [0, 0.05) is 16.4 Å². The Hall–Kier alpha value is -0.320. The van der Waals surface area contributed by atoms with Gasteiger partial charge in [0.2, 0.25) is 9.05 Å². The molecule has 1 rings (SSSR count). The highest BCUT2D eigenvalue weighted by Gasteiger charge is 2.08. The topological polar surface area (TPSA) is 47.0 Å². The van der Waals surface area contributed by atoms with Gasteiger partial charge in [0.15, 0.2) is 0 Å². The number of hydrogen-bond donors (Lipinski definition) is 0. The molecule has 0 aliphatic carbocycles. The minimum atomic E-state index is -3.46. The predicted molar refractivity (Wildman–Crippen MR) is 57.3 cm³/mol. The molecular weight excluding hydrogens is 245 g/mol. The molecule has 0 radical (unpaired) electrons. The molecule has 6 heteroatoms. The summed E-state index contributed by atoms with van der Waals surface area (Å²) in [4.78, 5) is 4.00. The zero-order chi connectivity index (χ0) is 10.8. The second-order valence-corrected chi connectivity index (χ2v) is 6.15. The third kappa shape index (κ3) is 3.82. The summed E-state index contributed by atoms with van der Waals surface area (Å²) >= 11 is 5.81. The lowest BCUT2D eigenvalue weighted by Crippen LogP contribution is -2.02. The minimum absolute atomic E-state index is 0.126. The highest BCUT2D eigenvalue weighted by atomic mass is 35.7. The van der Waals surface area contributed by atoms with Crippen LogP contribution in [0.2, 0.25) is 5.15 Å². The van der Waals surface area contributed by atoms with Crippen molar-refractivity contribution >= 4 is 31.3 Å². The molecule has 1 aromatic rings. The maximum atomic E-state index is 10.7. The third-order valence-corrected chi connectivity index (χ3v) is 3.16. The van der Waals surface area contributed by atoms with Crippen molar-refractivity contribution in [2.45, 2.75) is 13.3 Å². The molecule has 0 fully saturated rings. The van der Waals surface area contributed by atoms with Gasteiger partial charge < -0.3 is 0 Å². The smallest absolute Gasteiger partial charge is 0.232 e. The zero-order valence-electron chi connectivity index (χ0n) is 7.50. The molecule has 0 aliphatic rings. The van der Waals surface area contributed by atoms with Crippen molar-refractivity contribution in [3.8, 4) is 0 Å². The Morgan fingerprint density at radius 3 is 2.57 bits per heavy atom. The summed E-state index contributed by atoms with van der Waals surface area (Å²) < 4.78 is 21.4. The molecule has 3 nitrogen and oxygen atoms in total. The van der Waals surface area contributed by atoms with E-state index in [2.05, 4.69) is 4.98 Å². The quantitative estimate of drug-likeness (QED) is 0.613. The van der Waals surface area contributed by atoms with Gasteiger partial charge in [-0.3, -0.25) is 0 Å². The summed E-state index contributed by atoms with van der Waals surface area (Å²) in [5, 5.41) is 0.338. The molecule has 78 valence electrons. The lowest BCUT2D eigenvalue weighted by molar-refractivity contribution is 0.609. The first kappa shape index (κ1) is 11.8. The standard InChI is InChI=1S/C8H9Cl2NO2S/c1-6-2-3-7(8(9)11-6)4-5-14(10,12)13/h2-3H,4-5H2,1H3. The summed E-state index contributed by atoms with van der Waals surface area (Å²) in [6, 6.07) is 3.54. The van der Waals surface area contributed by atoms with Gasteiger partial charge in [-0.05, 0) is 25.0 Å². The summed E-state index contributed by atoms with van der Waals surface area (Å²) in [5.41, 5.74) is 1.49. The van der Waals surface area contributed by atoms with Crippen molar-refractivity contribution in [1.82, 2.24) is 4.98 Å². The highest BCUT2D eigenvalue weighted by Crippen LogP contribution is 2.15. The molecule has 14 heavy (non-hydrogen) atoms. The van der Waals surface area contributed by atoms with Crippen molar-refractivity contribution in [2.24, 2.45) is 0 Å². The van der Waals surface area contributed by atoms with Gasteiger partial charge >= 0.3 is 0 Å². The fraction of sp³-hybridized carbons (Fsp3) is 0.375. The summed E-state index contributed by atoms with van der Waals surface area (Å²) in [7, 11) is 1.61. The lowest BCUT2D eigenvalue weighted by Gasteiger charge is -2.02. The van der Waals surface area contributed by atoms with Gasteiger partial charge in [0.05, 0.1) is 5.75 Å². The number of halogens is 2. The molecule has 0 bridgehead atoms. The van der Waals surface area contributed by atoms with E-state index < -0.39 is 9.05 Å². The third-order valence-electron chi connectivity index (χ3n) is 1.68. The van der Waals surface area contributed by atoms with E-state index >= 15 is 0 Å². The molecule has 0 aliphatic heterocycles. The second-order valence-electron chi connectivity index (χ2n) is 2.90. The molecule has 0 N–H and O–H groups in total. The van der Waals surface area contributed by atoms with E-state index in [1.807, 2.05) is 6.92 Å². The average Bonchev–Trinajstić information content (AvgIpc) is 2.00. The Bertz CT molecular complexity index is 431. The molecule has 0 saturated heterocycles. The van der Waals surface area contributed by atoms with Crippen LogP contribution < -0.4 is 0 Å². The molecule has 0 spiro atoms. The van der Waals surface area contributed by atoms with Crippen LogP contribution in [0.4, 0.5) is 0 Å². The number of hydrogen-bond acceptors (Lipinski definition) is 3. The Balaban J connectivity index is 2.78. The highest BCUT2D eigenvalue weighted by molar-refractivity contribution is 8.13. The van der Waals surface area contributed by atoms with E-state index in [4.69, 9.17) is 22.3 Å². The van der Waals surface area contributed by atoms with Crippen molar-refractivity contribution in [3.63, 3.8) is 0 Å². The molecule has 0 amide bonds. The first-order valence-corrected chi connectivity index (χ1v) is 6.78. The average molecular weight is 254 g/mol. The fourth-order valence-electron chi connectivity index (χ4n) is 0.972. The maximum Gasteiger partial charge on any atom is 0.232 e. The lowest BCUT2D eigenvalue weighted by atomic mass is 10.2. The Morgan fingerprint density at radius 2 is 2.07 bits per heavy atom. The van der Waals surface area contributed by atoms with Gasteiger partial charge in [-0.2, -0.15) is 0 Å². The van der Waals surface area contributed by atoms with Gasteiger partial charge in [-0.25, -0.2) is 13.4 Å². The van der Waals surface area contributed by atoms with Crippen LogP contribution in [-0.4, -0.2) is 19.2 Å². The van der Waals surface area contributed by atoms with Crippen molar-refractivity contribution in [1.29, 1.82) is 0 Å². The van der Waals surface area contributed by atoms with Crippen molar-refractivity contribution in [2.75, 3.05) is 5.75 Å². The predicted octanol–water partition coefficient (Wildman–Crippen LogP) is 2.15. The number of aryl methyl sites for hydroxylation is 2. The van der Waals surface area contributed by atoms with E-state index in [-0.39, 0.29) is 12.2 Å². The van der Waals surface area contributed by atoms with Crippen LogP contribution in [0.3, 0.4) is 0 Å². The van der Waals surface area contributed by atoms with Crippen LogP contribution in [0.25, 0.3) is 0 Å². The second kappa shape index (κ2) is 4.47. The van der Waals surface area contributed by atoms with E-state index in [1.165, 1.54) is 0 Å². The first-order valence-electron chi connectivity index (χ1n) is 3.93. The van der Waals surface area contributed by atoms with Crippen LogP contribution in [0.1, 0.15) is 11.3 Å². The first-order chi connectivity index (χ1) is 6.38. The monoisotopic (exact) mass is 253 g/mol. The van der Waals surface area contributed by atoms with E-state index in [9.17, 15) is 8.42 Å². The number of pyridine rings is 1. The molecule has 0 saturated carbocycles. The van der Waals surface area contributed by atoms with Gasteiger partial charge in [0.25, 0.3) is 0 Å². The Labute approximate surface area is 92.5 Å². The van der Waals surface area contributed by atoms with Crippen LogP contribution >= 0.6 is 22.3 Å². The minimum Gasteiger partial charge on any atom is -0.241 e. The molecule has 1 aromatic heterocycles. The normalized spacial score (nSPS) is 11.6. The summed E-state index contributed by atoms with van der Waals surface area (Å²) in [5.74, 6) is -0.126. The maximum absolute atomic E-state index is 10.7.